The summed E-state index contributed by atoms with van der Waals surface area (Å²) in [7, 11) is 0. The average molecular weight is 276 g/mol. The van der Waals surface area contributed by atoms with Crippen LogP contribution in [-0.2, 0) is 23.6 Å². The summed E-state index contributed by atoms with van der Waals surface area (Å²) in [6, 6.07) is 0. The molecule has 12 heavy (non-hydrogen) atoms. The topological polar surface area (TPSA) is 0 Å². The van der Waals surface area contributed by atoms with Crippen LogP contribution in [-0.4, -0.2) is 11.3 Å². The highest BCUT2D eigenvalue weighted by atomic mass is 33.7. The van der Waals surface area contributed by atoms with E-state index >= 15 is 0 Å². The van der Waals surface area contributed by atoms with E-state index in [4.69, 9.17) is 23.6 Å². The number of rotatable bonds is 2. The van der Waals surface area contributed by atoms with Crippen molar-refractivity contribution in [1.29, 1.82) is 0 Å². The third-order valence-electron chi connectivity index (χ3n) is 1.72. The molecule has 0 amide bonds. The van der Waals surface area contributed by atoms with Crippen molar-refractivity contribution in [2.75, 3.05) is 0 Å². The van der Waals surface area contributed by atoms with Crippen molar-refractivity contribution in [3.63, 3.8) is 0 Å². The van der Waals surface area contributed by atoms with Crippen LogP contribution in [0.25, 0.3) is 0 Å². The van der Waals surface area contributed by atoms with Crippen molar-refractivity contribution < 1.29 is 0 Å². The van der Waals surface area contributed by atoms with E-state index in [-0.39, 0.29) is 0 Å². The van der Waals surface area contributed by atoms with E-state index in [9.17, 15) is 0 Å². The Balaban J connectivity index is 2.69. The fraction of sp³-hybridized carbons (Fsp3) is 1.00. The predicted molar refractivity (Wildman–Crippen MR) is 74.0 cm³/mol. The van der Waals surface area contributed by atoms with Crippen LogP contribution in [0.2, 0.25) is 0 Å². The van der Waals surface area contributed by atoms with Gasteiger partial charge in [-0.3, -0.25) is 0 Å². The van der Waals surface area contributed by atoms with Gasteiger partial charge in [-0.25, -0.2) is 0 Å². The summed E-state index contributed by atoms with van der Waals surface area (Å²) in [5.74, 6) is 0. The van der Waals surface area contributed by atoms with Crippen LogP contribution in [0, 0.1) is 0 Å². The minimum Gasteiger partial charge on any atom is -0.0733 e. The molecule has 0 radical (unpaired) electrons. The Kier molecular flexibility index (Phi) is 3.89. The normalized spacial score (nSPS) is 41.8. The van der Waals surface area contributed by atoms with Crippen LogP contribution in [0.1, 0.15) is 27.7 Å². The molecular weight excluding hydrogens is 262 g/mol. The van der Waals surface area contributed by atoms with Crippen LogP contribution in [0.4, 0.5) is 0 Å². The maximum Gasteiger partial charge on any atom is 0.0707 e. The van der Waals surface area contributed by atoms with E-state index in [1.807, 2.05) is 22.0 Å². The van der Waals surface area contributed by atoms with Gasteiger partial charge in [0, 0.05) is 11.3 Å². The number of hydrogen-bond donors (Lipinski definition) is 0. The zero-order chi connectivity index (χ0) is 9.57. The maximum absolute atomic E-state index is 5.62. The number of hydrogen-bond acceptors (Lipinski definition) is 4. The monoisotopic (exact) mass is 276 g/mol. The van der Waals surface area contributed by atoms with Gasteiger partial charge in [-0.2, -0.15) is 0 Å². The summed E-state index contributed by atoms with van der Waals surface area (Å²) in [5.41, 5.74) is 1.33. The van der Waals surface area contributed by atoms with Crippen molar-refractivity contribution in [3.05, 3.63) is 0 Å². The summed E-state index contributed by atoms with van der Waals surface area (Å²) in [5, 5.41) is 0. The zero-order valence-corrected chi connectivity index (χ0v) is 12.7. The molecule has 0 N–H and O–H groups in total. The molecule has 1 fully saturated rings. The second-order valence-corrected chi connectivity index (χ2v) is 26.4. The molecule has 0 aliphatic carbocycles. The van der Waals surface area contributed by atoms with Crippen LogP contribution in [0.5, 0.6) is 0 Å². The van der Waals surface area contributed by atoms with Gasteiger partial charge in [-0.15, -0.1) is 0 Å². The van der Waals surface area contributed by atoms with Crippen molar-refractivity contribution in [1.82, 2.24) is 0 Å². The molecule has 72 valence electrons. The van der Waals surface area contributed by atoms with E-state index < -0.39 is 8.88 Å². The van der Waals surface area contributed by atoms with E-state index in [2.05, 4.69) is 27.7 Å². The van der Waals surface area contributed by atoms with E-state index in [1.54, 1.807) is 0 Å². The van der Waals surface area contributed by atoms with E-state index in [0.29, 0.717) is 11.3 Å². The third-order valence-corrected chi connectivity index (χ3v) is 38.1. The Labute approximate surface area is 93.0 Å². The first-order valence-electron chi connectivity index (χ1n) is 3.92. The van der Waals surface area contributed by atoms with Crippen LogP contribution in [0.3, 0.4) is 0 Å². The lowest BCUT2D eigenvalue weighted by molar-refractivity contribution is 1.11. The highest BCUT2D eigenvalue weighted by molar-refractivity contribution is 9.46. The highest BCUT2D eigenvalue weighted by Crippen LogP contribution is 3.07. The lowest BCUT2D eigenvalue weighted by Crippen LogP contribution is -2.02. The second kappa shape index (κ2) is 3.87. The molecule has 0 unspecified atom stereocenters. The Bertz CT molecular complexity index is 231. The lowest BCUT2D eigenvalue weighted by Gasteiger charge is -2.44. The summed E-state index contributed by atoms with van der Waals surface area (Å²) in [6.45, 7) is 8.94. The minimum absolute atomic E-state index is 0.664. The largest absolute Gasteiger partial charge is 0.0733 e. The summed E-state index contributed by atoms with van der Waals surface area (Å²) in [6.07, 6.45) is 0. The summed E-state index contributed by atoms with van der Waals surface area (Å²) < 4.78 is -2.26. The van der Waals surface area contributed by atoms with Gasteiger partial charge < -0.3 is 0 Å². The van der Waals surface area contributed by atoms with Gasteiger partial charge in [0.25, 0.3) is 0 Å². The molecule has 6 heteroatoms. The van der Waals surface area contributed by atoms with Crippen molar-refractivity contribution >= 4 is 54.5 Å². The lowest BCUT2D eigenvalue weighted by atomic mass is 10.6. The van der Waals surface area contributed by atoms with Gasteiger partial charge in [0.15, 0.2) is 0 Å². The van der Waals surface area contributed by atoms with Gasteiger partial charge in [0.2, 0.25) is 0 Å². The molecule has 1 saturated heterocycles. The molecular formula is C6H14P2S4. The SMILES string of the molecule is CC(C)P1(=S)SP(=S)(C(C)C)S1. The molecule has 1 heterocycles. The molecule has 0 atom stereocenters. The average Bonchev–Trinajstić information content (AvgIpc) is 1.83. The fourth-order valence-electron chi connectivity index (χ4n) is 0.700. The molecule has 0 bridgehead atoms. The standard InChI is InChI=1S/C6H14P2S4/c1-5(2)7(9)11-8(10,12-7)6(3)4/h5-6H,1-4H3. The Morgan fingerprint density at radius 2 is 1.08 bits per heavy atom. The van der Waals surface area contributed by atoms with E-state index in [1.165, 1.54) is 0 Å². The first kappa shape index (κ1) is 12.1. The maximum atomic E-state index is 5.62. The Morgan fingerprint density at radius 3 is 1.25 bits per heavy atom. The molecule has 0 aromatic rings. The smallest absolute Gasteiger partial charge is 0.0707 e. The molecule has 1 rings (SSSR count). The fourth-order valence-corrected chi connectivity index (χ4v) is 46.7. The van der Waals surface area contributed by atoms with Crippen LogP contribution >= 0.6 is 30.9 Å². The molecule has 1 aliphatic heterocycles. The second-order valence-electron chi connectivity index (χ2n) is 3.43. The molecule has 0 aromatic carbocycles. The Hall–Kier alpha value is 2.00. The van der Waals surface area contributed by atoms with Gasteiger partial charge in [-0.1, -0.05) is 73.3 Å². The van der Waals surface area contributed by atoms with Crippen molar-refractivity contribution in [2.45, 2.75) is 39.0 Å². The molecule has 1 aliphatic rings. The van der Waals surface area contributed by atoms with Gasteiger partial charge in [-0.05, 0) is 0 Å². The minimum atomic E-state index is -1.13. The van der Waals surface area contributed by atoms with Crippen LogP contribution in [0.15, 0.2) is 0 Å². The van der Waals surface area contributed by atoms with Crippen molar-refractivity contribution in [2.24, 2.45) is 0 Å². The molecule has 0 spiro atoms. The first-order valence-corrected chi connectivity index (χ1v) is 13.7. The first-order chi connectivity index (χ1) is 5.30. The zero-order valence-electron chi connectivity index (χ0n) is 7.68. The third kappa shape index (κ3) is 2.15. The Morgan fingerprint density at radius 1 is 0.833 bits per heavy atom. The van der Waals surface area contributed by atoms with Crippen LogP contribution < -0.4 is 0 Å². The summed E-state index contributed by atoms with van der Waals surface area (Å²) in [4.78, 5) is 0. The molecule has 0 nitrogen and oxygen atoms in total. The van der Waals surface area contributed by atoms with Gasteiger partial charge >= 0.3 is 0 Å². The summed E-state index contributed by atoms with van der Waals surface area (Å²) >= 11 is 15.3. The van der Waals surface area contributed by atoms with Gasteiger partial charge in [0.1, 0.15) is 0 Å². The van der Waals surface area contributed by atoms with Crippen molar-refractivity contribution in [3.8, 4) is 0 Å². The highest BCUT2D eigenvalue weighted by Gasteiger charge is 2.46. The molecule has 0 aromatic heterocycles. The quantitative estimate of drug-likeness (QED) is 0.657. The van der Waals surface area contributed by atoms with E-state index in [0.717, 1.165) is 0 Å². The van der Waals surface area contributed by atoms with Gasteiger partial charge in [0.05, 0.1) is 8.88 Å². The molecule has 0 saturated carbocycles. The predicted octanol–water partition coefficient (Wildman–Crippen LogP) is 4.90.